The van der Waals surface area contributed by atoms with Crippen LogP contribution in [0.25, 0.3) is 20.3 Å². The molecule has 0 atom stereocenters. The highest BCUT2D eigenvalue weighted by Gasteiger charge is 2.32. The zero-order chi connectivity index (χ0) is 18.6. The minimum Gasteiger partial charge on any atom is -0.370 e. The van der Waals surface area contributed by atoms with E-state index in [-0.39, 0.29) is 5.60 Å². The second-order valence-corrected chi connectivity index (χ2v) is 9.34. The van der Waals surface area contributed by atoms with E-state index in [0.717, 1.165) is 48.7 Å². The van der Waals surface area contributed by atoms with Crippen molar-refractivity contribution in [1.82, 2.24) is 15.0 Å². The van der Waals surface area contributed by atoms with Gasteiger partial charge in [0, 0.05) is 40.5 Å². The first-order valence-electron chi connectivity index (χ1n) is 10.0. The third-order valence-corrected chi connectivity index (χ3v) is 6.90. The second kappa shape index (κ2) is 6.38. The van der Waals surface area contributed by atoms with Gasteiger partial charge in [-0.15, -0.1) is 11.3 Å². The molecular formula is C21H26N4OS. The number of thiophene rings is 1. The van der Waals surface area contributed by atoms with Gasteiger partial charge in [0.15, 0.2) is 0 Å². The molecule has 0 unspecified atom stereocenters. The molecule has 27 heavy (non-hydrogen) atoms. The van der Waals surface area contributed by atoms with Crippen LogP contribution in [0, 0.1) is 0 Å². The van der Waals surface area contributed by atoms with E-state index >= 15 is 0 Å². The summed E-state index contributed by atoms with van der Waals surface area (Å²) in [5, 5.41) is 2.49. The molecule has 0 spiro atoms. The standard InChI is InChI=1S/C21H26N4OS/c1-4-7-14-16-17-18(27-20(16)23-12-22-14)13-11-26-21(2,3)10-15(13)24-19(17)25-8-5-6-9-25/h12H,4-11H2,1-3H3. The van der Waals surface area contributed by atoms with Crippen molar-refractivity contribution in [2.24, 2.45) is 0 Å². The Hall–Kier alpha value is -1.79. The lowest BCUT2D eigenvalue weighted by Gasteiger charge is -2.32. The third kappa shape index (κ3) is 2.81. The molecule has 3 aromatic heterocycles. The van der Waals surface area contributed by atoms with E-state index in [1.807, 2.05) is 0 Å². The highest BCUT2D eigenvalue weighted by atomic mass is 32.1. The van der Waals surface area contributed by atoms with Crippen molar-refractivity contribution < 1.29 is 4.74 Å². The molecule has 6 heteroatoms. The number of fused-ring (bicyclic) bond motifs is 5. The molecule has 0 N–H and O–H groups in total. The van der Waals surface area contributed by atoms with Gasteiger partial charge in [-0.05, 0) is 33.1 Å². The van der Waals surface area contributed by atoms with Gasteiger partial charge >= 0.3 is 0 Å². The quantitative estimate of drug-likeness (QED) is 0.660. The molecule has 0 amide bonds. The Morgan fingerprint density at radius 1 is 1.19 bits per heavy atom. The van der Waals surface area contributed by atoms with Crippen LogP contribution in [0.5, 0.6) is 0 Å². The normalized spacial score (nSPS) is 19.1. The first-order chi connectivity index (χ1) is 13.1. The zero-order valence-corrected chi connectivity index (χ0v) is 17.2. The molecule has 0 radical (unpaired) electrons. The third-order valence-electron chi connectivity index (χ3n) is 5.75. The lowest BCUT2D eigenvalue weighted by molar-refractivity contribution is -0.0404. The van der Waals surface area contributed by atoms with Crippen LogP contribution in [-0.2, 0) is 24.2 Å². The van der Waals surface area contributed by atoms with Gasteiger partial charge in [0.05, 0.1) is 23.6 Å². The van der Waals surface area contributed by atoms with Gasteiger partial charge in [-0.25, -0.2) is 15.0 Å². The first kappa shape index (κ1) is 17.3. The fraction of sp³-hybridized carbons (Fsp3) is 0.571. The Bertz CT molecular complexity index is 1020. The molecule has 5 nitrogen and oxygen atoms in total. The Kier molecular flexibility index (Phi) is 4.09. The number of ether oxygens (including phenoxy) is 1. The molecule has 5 heterocycles. The summed E-state index contributed by atoms with van der Waals surface area (Å²) in [7, 11) is 0. The summed E-state index contributed by atoms with van der Waals surface area (Å²) in [6, 6.07) is 0. The number of nitrogens with zero attached hydrogens (tertiary/aromatic N) is 4. The van der Waals surface area contributed by atoms with E-state index in [1.165, 1.54) is 39.6 Å². The summed E-state index contributed by atoms with van der Waals surface area (Å²) < 4.78 is 7.47. The Balaban J connectivity index is 1.85. The number of hydrogen-bond donors (Lipinski definition) is 0. The SMILES string of the molecule is CCCc1ncnc2sc3c4c(nc(N5CCCC5)c3c12)CC(C)(C)OC4. The molecule has 0 saturated carbocycles. The molecule has 0 aliphatic carbocycles. The summed E-state index contributed by atoms with van der Waals surface area (Å²) in [5.41, 5.74) is 3.47. The van der Waals surface area contributed by atoms with Crippen LogP contribution in [0.15, 0.2) is 6.33 Å². The average molecular weight is 383 g/mol. The van der Waals surface area contributed by atoms with Crippen molar-refractivity contribution in [3.05, 3.63) is 23.3 Å². The minimum absolute atomic E-state index is 0.153. The van der Waals surface area contributed by atoms with Crippen LogP contribution in [0.3, 0.4) is 0 Å². The fourth-order valence-corrected chi connectivity index (χ4v) is 5.61. The maximum Gasteiger partial charge on any atom is 0.138 e. The number of pyridine rings is 1. The smallest absolute Gasteiger partial charge is 0.138 e. The van der Waals surface area contributed by atoms with Gasteiger partial charge in [0.1, 0.15) is 17.0 Å². The van der Waals surface area contributed by atoms with E-state index in [1.54, 1.807) is 17.7 Å². The number of rotatable bonds is 3. The van der Waals surface area contributed by atoms with Gasteiger partial charge in [-0.3, -0.25) is 0 Å². The van der Waals surface area contributed by atoms with E-state index in [4.69, 9.17) is 9.72 Å². The van der Waals surface area contributed by atoms with Crippen LogP contribution >= 0.6 is 11.3 Å². The first-order valence-corrected chi connectivity index (χ1v) is 10.9. The molecular weight excluding hydrogens is 356 g/mol. The van der Waals surface area contributed by atoms with Crippen molar-refractivity contribution in [3.8, 4) is 0 Å². The van der Waals surface area contributed by atoms with Gasteiger partial charge in [-0.1, -0.05) is 13.3 Å². The maximum absolute atomic E-state index is 6.16. The number of hydrogen-bond acceptors (Lipinski definition) is 6. The maximum atomic E-state index is 6.16. The molecule has 1 saturated heterocycles. The average Bonchev–Trinajstić information content (AvgIpc) is 3.28. The van der Waals surface area contributed by atoms with Gasteiger partial charge in [0.25, 0.3) is 0 Å². The van der Waals surface area contributed by atoms with E-state index in [2.05, 4.69) is 35.6 Å². The Labute approximate surface area is 163 Å². The monoisotopic (exact) mass is 382 g/mol. The summed E-state index contributed by atoms with van der Waals surface area (Å²) in [6.07, 6.45) is 7.13. The number of aryl methyl sites for hydroxylation is 1. The van der Waals surface area contributed by atoms with Crippen LogP contribution < -0.4 is 4.90 Å². The highest BCUT2D eigenvalue weighted by molar-refractivity contribution is 7.25. The molecule has 142 valence electrons. The van der Waals surface area contributed by atoms with Crippen LogP contribution in [-0.4, -0.2) is 33.6 Å². The summed E-state index contributed by atoms with van der Waals surface area (Å²) >= 11 is 1.79. The molecule has 2 aliphatic heterocycles. The molecule has 0 aromatic carbocycles. The molecule has 5 rings (SSSR count). The molecule has 1 fully saturated rings. The van der Waals surface area contributed by atoms with Crippen molar-refractivity contribution in [1.29, 1.82) is 0 Å². The minimum atomic E-state index is -0.153. The second-order valence-electron chi connectivity index (χ2n) is 8.34. The van der Waals surface area contributed by atoms with Gasteiger partial charge < -0.3 is 9.64 Å². The molecule has 2 aliphatic rings. The number of anilines is 1. The van der Waals surface area contributed by atoms with Crippen molar-refractivity contribution >= 4 is 37.5 Å². The fourth-order valence-electron chi connectivity index (χ4n) is 4.40. The summed E-state index contributed by atoms with van der Waals surface area (Å²) in [5.74, 6) is 1.15. The van der Waals surface area contributed by atoms with Crippen LogP contribution in [0.4, 0.5) is 5.82 Å². The van der Waals surface area contributed by atoms with Gasteiger partial charge in [0.2, 0.25) is 0 Å². The van der Waals surface area contributed by atoms with Crippen molar-refractivity contribution in [3.63, 3.8) is 0 Å². The molecule has 0 bridgehead atoms. The largest absolute Gasteiger partial charge is 0.370 e. The van der Waals surface area contributed by atoms with E-state index in [0.29, 0.717) is 6.61 Å². The molecule has 3 aromatic rings. The van der Waals surface area contributed by atoms with Crippen molar-refractivity contribution in [2.45, 2.75) is 65.1 Å². The Morgan fingerprint density at radius 2 is 2.00 bits per heavy atom. The van der Waals surface area contributed by atoms with E-state index < -0.39 is 0 Å². The predicted molar refractivity (Wildman–Crippen MR) is 111 cm³/mol. The van der Waals surface area contributed by atoms with Gasteiger partial charge in [-0.2, -0.15) is 0 Å². The number of aromatic nitrogens is 3. The summed E-state index contributed by atoms with van der Waals surface area (Å²) in [6.45, 7) is 9.35. The topological polar surface area (TPSA) is 51.1 Å². The van der Waals surface area contributed by atoms with Crippen LogP contribution in [0.2, 0.25) is 0 Å². The zero-order valence-electron chi connectivity index (χ0n) is 16.3. The highest BCUT2D eigenvalue weighted by Crippen LogP contribution is 2.44. The Morgan fingerprint density at radius 3 is 2.78 bits per heavy atom. The predicted octanol–water partition coefficient (Wildman–Crippen LogP) is 4.64. The van der Waals surface area contributed by atoms with Crippen molar-refractivity contribution in [2.75, 3.05) is 18.0 Å². The lowest BCUT2D eigenvalue weighted by Crippen LogP contribution is -2.33. The van der Waals surface area contributed by atoms with E-state index in [9.17, 15) is 0 Å². The lowest BCUT2D eigenvalue weighted by atomic mass is 9.94. The van der Waals surface area contributed by atoms with Crippen LogP contribution in [0.1, 0.15) is 57.0 Å². The summed E-state index contributed by atoms with van der Waals surface area (Å²) in [4.78, 5) is 18.1.